The largest absolute Gasteiger partial charge is 0.478 e. The van der Waals surface area contributed by atoms with E-state index in [9.17, 15) is 0 Å². The standard InChI is InChI=1S/C18H32N2O/c1-5-7-8-9-11-21-18-13-16(14-19-10-6-2)12-17(20-18)15(3)4/h12-13,15,19H,5-11,14H2,1-4H3. The molecule has 1 rings (SSSR count). The van der Waals surface area contributed by atoms with Crippen LogP contribution in [0.1, 0.15) is 77.0 Å². The molecule has 0 aliphatic heterocycles. The van der Waals surface area contributed by atoms with E-state index in [0.717, 1.165) is 44.1 Å². The number of nitrogens with one attached hydrogen (secondary N) is 1. The van der Waals surface area contributed by atoms with Gasteiger partial charge in [0, 0.05) is 18.3 Å². The number of nitrogens with zero attached hydrogens (tertiary/aromatic N) is 1. The monoisotopic (exact) mass is 292 g/mol. The molecule has 1 heterocycles. The van der Waals surface area contributed by atoms with E-state index < -0.39 is 0 Å². The first kappa shape index (κ1) is 18.0. The lowest BCUT2D eigenvalue weighted by Gasteiger charge is -2.12. The highest BCUT2D eigenvalue weighted by atomic mass is 16.5. The first-order valence-electron chi connectivity index (χ1n) is 8.51. The summed E-state index contributed by atoms with van der Waals surface area (Å²) in [6.07, 6.45) is 6.06. The lowest BCUT2D eigenvalue weighted by Crippen LogP contribution is -2.14. The van der Waals surface area contributed by atoms with E-state index in [-0.39, 0.29) is 0 Å². The lowest BCUT2D eigenvalue weighted by atomic mass is 10.1. The normalized spacial score (nSPS) is 11.1. The molecular formula is C18H32N2O. The van der Waals surface area contributed by atoms with Gasteiger partial charge in [0.1, 0.15) is 0 Å². The smallest absolute Gasteiger partial charge is 0.213 e. The third kappa shape index (κ3) is 7.47. The van der Waals surface area contributed by atoms with Gasteiger partial charge in [-0.15, -0.1) is 0 Å². The van der Waals surface area contributed by atoms with Crippen molar-refractivity contribution in [3.63, 3.8) is 0 Å². The van der Waals surface area contributed by atoms with Crippen molar-refractivity contribution in [3.8, 4) is 5.88 Å². The predicted octanol–water partition coefficient (Wildman–Crippen LogP) is 4.66. The summed E-state index contributed by atoms with van der Waals surface area (Å²) in [6.45, 7) is 11.5. The Morgan fingerprint density at radius 1 is 1.10 bits per heavy atom. The third-order valence-electron chi connectivity index (χ3n) is 3.48. The molecule has 21 heavy (non-hydrogen) atoms. The van der Waals surface area contributed by atoms with Crippen molar-refractivity contribution in [1.82, 2.24) is 10.3 Å². The van der Waals surface area contributed by atoms with Crippen LogP contribution in [0.4, 0.5) is 0 Å². The number of hydrogen-bond acceptors (Lipinski definition) is 3. The molecule has 0 radical (unpaired) electrons. The molecule has 0 bridgehead atoms. The SMILES string of the molecule is CCCCCCOc1cc(CNCCC)cc(C(C)C)n1. The fourth-order valence-corrected chi connectivity index (χ4v) is 2.17. The van der Waals surface area contributed by atoms with Gasteiger partial charge in [-0.2, -0.15) is 0 Å². The van der Waals surface area contributed by atoms with Crippen LogP contribution in [0.5, 0.6) is 5.88 Å². The van der Waals surface area contributed by atoms with Crippen molar-refractivity contribution < 1.29 is 4.74 Å². The van der Waals surface area contributed by atoms with Gasteiger partial charge in [-0.3, -0.25) is 0 Å². The third-order valence-corrected chi connectivity index (χ3v) is 3.48. The van der Waals surface area contributed by atoms with Crippen molar-refractivity contribution >= 4 is 0 Å². The maximum Gasteiger partial charge on any atom is 0.213 e. The second kappa shape index (κ2) is 10.6. The molecule has 3 nitrogen and oxygen atoms in total. The zero-order chi connectivity index (χ0) is 15.5. The Bertz CT molecular complexity index is 391. The molecule has 0 saturated carbocycles. The van der Waals surface area contributed by atoms with E-state index in [1.54, 1.807) is 0 Å². The summed E-state index contributed by atoms with van der Waals surface area (Å²) in [5, 5.41) is 3.45. The van der Waals surface area contributed by atoms with E-state index in [1.165, 1.54) is 24.8 Å². The second-order valence-corrected chi connectivity index (χ2v) is 5.98. The van der Waals surface area contributed by atoms with Crippen molar-refractivity contribution in [3.05, 3.63) is 23.4 Å². The van der Waals surface area contributed by atoms with E-state index in [2.05, 4.69) is 50.1 Å². The average molecular weight is 292 g/mol. The molecule has 0 aliphatic carbocycles. The molecule has 3 heteroatoms. The van der Waals surface area contributed by atoms with Crippen LogP contribution in [0.25, 0.3) is 0 Å². The summed E-state index contributed by atoms with van der Waals surface area (Å²) in [5.74, 6) is 1.21. The Hall–Kier alpha value is -1.09. The van der Waals surface area contributed by atoms with Crippen LogP contribution in [0.15, 0.2) is 12.1 Å². The Labute approximate surface area is 130 Å². The van der Waals surface area contributed by atoms with Crippen LogP contribution in [0.2, 0.25) is 0 Å². The first-order chi connectivity index (χ1) is 10.2. The number of unbranched alkanes of at least 4 members (excludes halogenated alkanes) is 3. The molecule has 1 aromatic rings. The molecule has 0 amide bonds. The van der Waals surface area contributed by atoms with Gasteiger partial charge in [-0.1, -0.05) is 47.0 Å². The van der Waals surface area contributed by atoms with E-state index in [1.807, 2.05) is 0 Å². The van der Waals surface area contributed by atoms with Crippen molar-refractivity contribution in [2.24, 2.45) is 0 Å². The zero-order valence-electron chi connectivity index (χ0n) is 14.2. The van der Waals surface area contributed by atoms with Crippen LogP contribution in [-0.4, -0.2) is 18.1 Å². The van der Waals surface area contributed by atoms with E-state index in [4.69, 9.17) is 4.74 Å². The Morgan fingerprint density at radius 2 is 1.90 bits per heavy atom. The Morgan fingerprint density at radius 3 is 2.57 bits per heavy atom. The summed E-state index contributed by atoms with van der Waals surface area (Å²) in [7, 11) is 0. The highest BCUT2D eigenvalue weighted by molar-refractivity contribution is 5.26. The molecule has 0 spiro atoms. The Balaban J connectivity index is 2.59. The van der Waals surface area contributed by atoms with Gasteiger partial charge < -0.3 is 10.1 Å². The maximum absolute atomic E-state index is 5.85. The zero-order valence-corrected chi connectivity index (χ0v) is 14.2. The number of ether oxygens (including phenoxy) is 1. The van der Waals surface area contributed by atoms with Crippen LogP contribution >= 0.6 is 0 Å². The molecular weight excluding hydrogens is 260 g/mol. The fourth-order valence-electron chi connectivity index (χ4n) is 2.17. The number of pyridine rings is 1. The van der Waals surface area contributed by atoms with Crippen LogP contribution in [0.3, 0.4) is 0 Å². The van der Waals surface area contributed by atoms with Gasteiger partial charge in [-0.05, 0) is 36.9 Å². The average Bonchev–Trinajstić information content (AvgIpc) is 2.47. The van der Waals surface area contributed by atoms with Crippen molar-refractivity contribution in [2.75, 3.05) is 13.2 Å². The summed E-state index contributed by atoms with van der Waals surface area (Å²) >= 11 is 0. The topological polar surface area (TPSA) is 34.1 Å². The Kier molecular flexibility index (Phi) is 9.07. The molecule has 0 aliphatic rings. The number of aromatic nitrogens is 1. The minimum absolute atomic E-state index is 0.429. The van der Waals surface area contributed by atoms with Crippen molar-refractivity contribution in [1.29, 1.82) is 0 Å². The molecule has 0 fully saturated rings. The highest BCUT2D eigenvalue weighted by Crippen LogP contribution is 2.19. The van der Waals surface area contributed by atoms with Crippen molar-refractivity contribution in [2.45, 2.75) is 72.3 Å². The summed E-state index contributed by atoms with van der Waals surface area (Å²) in [6, 6.07) is 4.27. The van der Waals surface area contributed by atoms with Gasteiger partial charge in [0.25, 0.3) is 0 Å². The van der Waals surface area contributed by atoms with Crippen LogP contribution < -0.4 is 10.1 Å². The first-order valence-corrected chi connectivity index (χ1v) is 8.51. The van der Waals surface area contributed by atoms with Gasteiger partial charge in [0.05, 0.1) is 6.61 Å². The van der Waals surface area contributed by atoms with Gasteiger partial charge in [-0.25, -0.2) is 4.98 Å². The highest BCUT2D eigenvalue weighted by Gasteiger charge is 2.07. The van der Waals surface area contributed by atoms with Gasteiger partial charge >= 0.3 is 0 Å². The maximum atomic E-state index is 5.85. The van der Waals surface area contributed by atoms with E-state index in [0.29, 0.717) is 5.92 Å². The molecule has 0 unspecified atom stereocenters. The predicted molar refractivity (Wildman–Crippen MR) is 90.0 cm³/mol. The molecule has 0 saturated heterocycles. The summed E-state index contributed by atoms with van der Waals surface area (Å²) in [5.41, 5.74) is 2.39. The fraction of sp³-hybridized carbons (Fsp3) is 0.722. The van der Waals surface area contributed by atoms with Crippen LogP contribution in [0, 0.1) is 0 Å². The van der Waals surface area contributed by atoms with Gasteiger partial charge in [0.2, 0.25) is 5.88 Å². The van der Waals surface area contributed by atoms with E-state index >= 15 is 0 Å². The minimum atomic E-state index is 0.429. The molecule has 0 aromatic carbocycles. The molecule has 0 atom stereocenters. The summed E-state index contributed by atoms with van der Waals surface area (Å²) < 4.78 is 5.85. The molecule has 120 valence electrons. The quantitative estimate of drug-likeness (QED) is 0.602. The molecule has 1 N–H and O–H groups in total. The van der Waals surface area contributed by atoms with Gasteiger partial charge in [0.15, 0.2) is 0 Å². The minimum Gasteiger partial charge on any atom is -0.478 e. The van der Waals surface area contributed by atoms with Crippen LogP contribution in [-0.2, 0) is 6.54 Å². The number of hydrogen-bond donors (Lipinski definition) is 1. The lowest BCUT2D eigenvalue weighted by molar-refractivity contribution is 0.292. The second-order valence-electron chi connectivity index (χ2n) is 5.98. The molecule has 1 aromatic heterocycles. The summed E-state index contributed by atoms with van der Waals surface area (Å²) in [4.78, 5) is 4.63. The number of rotatable bonds is 11.